The number of alkyl carbamates (subject to hydrolysis) is 1. The molecule has 4 rings (SSSR count). The number of ether oxygens (including phenoxy) is 2. The molecule has 2 aliphatic rings. The van der Waals surface area contributed by atoms with Gasteiger partial charge in [0.05, 0.1) is 11.3 Å². The van der Waals surface area contributed by atoms with E-state index < -0.39 is 41.6 Å². The van der Waals surface area contributed by atoms with Gasteiger partial charge in [-0.25, -0.2) is 9.59 Å². The third-order valence-electron chi connectivity index (χ3n) is 5.14. The second kappa shape index (κ2) is 8.46. The van der Waals surface area contributed by atoms with Gasteiger partial charge in [0.1, 0.15) is 0 Å². The first-order valence-corrected chi connectivity index (χ1v) is 10.4. The summed E-state index contributed by atoms with van der Waals surface area (Å²) in [6.45, 7) is 1.69. The summed E-state index contributed by atoms with van der Waals surface area (Å²) in [5.74, 6) is -2.19. The Hall–Kier alpha value is -3.66. The number of anilines is 1. The van der Waals surface area contributed by atoms with Crippen LogP contribution < -0.4 is 16.0 Å². The number of amides is 3. The number of para-hydroxylation sites is 1. The lowest BCUT2D eigenvalue weighted by atomic mass is 9.83. The smallest absolute Gasteiger partial charge is 0.409 e. The van der Waals surface area contributed by atoms with Crippen LogP contribution in [0, 0.1) is 0 Å². The van der Waals surface area contributed by atoms with E-state index in [0.29, 0.717) is 10.2 Å². The van der Waals surface area contributed by atoms with Gasteiger partial charge in [0, 0.05) is 10.0 Å². The Bertz CT molecular complexity index is 1140. The minimum Gasteiger partial charge on any atom is -0.451 e. The van der Waals surface area contributed by atoms with Gasteiger partial charge in [0.25, 0.3) is 17.4 Å². The van der Waals surface area contributed by atoms with Crippen molar-refractivity contribution in [1.29, 1.82) is 0 Å². The summed E-state index contributed by atoms with van der Waals surface area (Å²) < 4.78 is 11.7. The SMILES string of the molecule is C/C=C\NC(=O)[C@H]1NC(=O)O[C@]2(C(=O)Nc3c(Br)cccc32)[C@@H]1OC(=O)c1ccccc1. The molecule has 10 heteroatoms. The van der Waals surface area contributed by atoms with Crippen molar-refractivity contribution >= 4 is 45.5 Å². The number of benzene rings is 2. The highest BCUT2D eigenvalue weighted by Gasteiger charge is 2.65. The quantitative estimate of drug-likeness (QED) is 0.555. The van der Waals surface area contributed by atoms with Crippen molar-refractivity contribution in [1.82, 2.24) is 10.6 Å². The summed E-state index contributed by atoms with van der Waals surface area (Å²) in [6, 6.07) is 11.6. The number of allylic oxidation sites excluding steroid dienone is 1. The number of halogens is 1. The number of esters is 1. The number of hydrogen-bond acceptors (Lipinski definition) is 6. The molecular formula is C22H18BrN3O6. The number of hydrogen-bond donors (Lipinski definition) is 3. The monoisotopic (exact) mass is 499 g/mol. The topological polar surface area (TPSA) is 123 Å². The van der Waals surface area contributed by atoms with E-state index >= 15 is 0 Å². The lowest BCUT2D eigenvalue weighted by Crippen LogP contribution is -2.68. The lowest BCUT2D eigenvalue weighted by molar-refractivity contribution is -0.162. The average molecular weight is 500 g/mol. The Morgan fingerprint density at radius 3 is 2.62 bits per heavy atom. The van der Waals surface area contributed by atoms with Crippen molar-refractivity contribution in [2.24, 2.45) is 0 Å². The fourth-order valence-electron chi connectivity index (χ4n) is 3.71. The van der Waals surface area contributed by atoms with Crippen LogP contribution in [0.3, 0.4) is 0 Å². The molecule has 1 fully saturated rings. The van der Waals surface area contributed by atoms with Crippen LogP contribution >= 0.6 is 15.9 Å². The summed E-state index contributed by atoms with van der Waals surface area (Å²) >= 11 is 3.36. The van der Waals surface area contributed by atoms with E-state index in [4.69, 9.17) is 9.47 Å². The fraction of sp³-hybridized carbons (Fsp3) is 0.182. The van der Waals surface area contributed by atoms with Crippen molar-refractivity contribution in [2.45, 2.75) is 24.7 Å². The van der Waals surface area contributed by atoms with Crippen LogP contribution in [0.4, 0.5) is 10.5 Å². The van der Waals surface area contributed by atoms with E-state index in [1.807, 2.05) is 0 Å². The van der Waals surface area contributed by atoms with Crippen molar-refractivity contribution in [3.05, 3.63) is 76.4 Å². The third kappa shape index (κ3) is 3.52. The van der Waals surface area contributed by atoms with Gasteiger partial charge in [-0.05, 0) is 47.3 Å². The summed E-state index contributed by atoms with van der Waals surface area (Å²) in [4.78, 5) is 51.6. The Kier molecular flexibility index (Phi) is 5.70. The summed E-state index contributed by atoms with van der Waals surface area (Å²) in [5.41, 5.74) is -1.23. The lowest BCUT2D eigenvalue weighted by Gasteiger charge is -2.42. The first kappa shape index (κ1) is 21.6. The van der Waals surface area contributed by atoms with Gasteiger partial charge in [0.2, 0.25) is 0 Å². The molecule has 0 bridgehead atoms. The van der Waals surface area contributed by atoms with Gasteiger partial charge in [-0.15, -0.1) is 0 Å². The molecule has 3 atom stereocenters. The number of fused-ring (bicyclic) bond motifs is 2. The molecule has 0 unspecified atom stereocenters. The molecule has 2 aromatic carbocycles. The number of carbonyl (C=O) groups is 4. The third-order valence-corrected chi connectivity index (χ3v) is 5.80. The first-order valence-electron chi connectivity index (χ1n) is 9.66. The molecule has 164 valence electrons. The maximum absolute atomic E-state index is 13.2. The van der Waals surface area contributed by atoms with Gasteiger partial charge >= 0.3 is 12.1 Å². The van der Waals surface area contributed by atoms with Gasteiger partial charge in [-0.1, -0.05) is 36.4 Å². The van der Waals surface area contributed by atoms with E-state index in [1.165, 1.54) is 18.3 Å². The zero-order valence-electron chi connectivity index (χ0n) is 16.8. The van der Waals surface area contributed by atoms with Crippen LogP contribution in [0.2, 0.25) is 0 Å². The minimum atomic E-state index is -2.07. The zero-order chi connectivity index (χ0) is 22.9. The van der Waals surface area contributed by atoms with Gasteiger partial charge in [-0.3, -0.25) is 9.59 Å². The molecule has 1 saturated heterocycles. The van der Waals surface area contributed by atoms with E-state index in [0.717, 1.165) is 0 Å². The van der Waals surface area contributed by atoms with E-state index in [-0.39, 0.29) is 11.1 Å². The van der Waals surface area contributed by atoms with Crippen LogP contribution in [-0.2, 0) is 24.7 Å². The van der Waals surface area contributed by atoms with Crippen LogP contribution in [-0.4, -0.2) is 36.0 Å². The molecule has 0 saturated carbocycles. The van der Waals surface area contributed by atoms with Gasteiger partial charge < -0.3 is 25.4 Å². The van der Waals surface area contributed by atoms with Crippen LogP contribution in [0.5, 0.6) is 0 Å². The maximum atomic E-state index is 13.2. The van der Waals surface area contributed by atoms with Crippen molar-refractivity contribution in [3.8, 4) is 0 Å². The van der Waals surface area contributed by atoms with Crippen molar-refractivity contribution < 1.29 is 28.7 Å². The number of nitrogens with one attached hydrogen (secondary N) is 3. The Labute approximate surface area is 191 Å². The summed E-state index contributed by atoms with van der Waals surface area (Å²) in [6.07, 6.45) is 0.440. The normalized spacial score (nSPS) is 23.8. The molecule has 2 aromatic rings. The molecule has 2 heterocycles. The van der Waals surface area contributed by atoms with Crippen LogP contribution in [0.15, 0.2) is 65.3 Å². The van der Waals surface area contributed by atoms with E-state index in [2.05, 4.69) is 31.9 Å². The average Bonchev–Trinajstić information content (AvgIpc) is 3.07. The standard InChI is InChI=1S/C22H18BrN3O6/c1-2-11-24-18(27)16-17(31-19(28)12-7-4-3-5-8-12)22(32-21(30)26-16)13-9-6-10-14(23)15(13)25-20(22)29/h2-11,16-17H,1H3,(H,24,27)(H,25,29)(H,26,30)/b11-2-/t16-,17+,22-/m0/s1. The summed E-state index contributed by atoms with van der Waals surface area (Å²) in [7, 11) is 0. The highest BCUT2D eigenvalue weighted by molar-refractivity contribution is 9.10. The van der Waals surface area contributed by atoms with Gasteiger partial charge in [-0.2, -0.15) is 0 Å². The highest BCUT2D eigenvalue weighted by Crippen LogP contribution is 2.47. The molecule has 9 nitrogen and oxygen atoms in total. The van der Waals surface area contributed by atoms with Crippen molar-refractivity contribution in [2.75, 3.05) is 5.32 Å². The molecule has 1 spiro atoms. The second-order valence-corrected chi connectivity index (χ2v) is 7.92. The molecule has 3 amide bonds. The molecular weight excluding hydrogens is 482 g/mol. The minimum absolute atomic E-state index is 0.208. The first-order chi connectivity index (χ1) is 15.4. The Balaban J connectivity index is 1.84. The zero-order valence-corrected chi connectivity index (χ0v) is 18.3. The summed E-state index contributed by atoms with van der Waals surface area (Å²) in [5, 5.41) is 7.54. The predicted molar refractivity (Wildman–Crippen MR) is 116 cm³/mol. The molecule has 2 aliphatic heterocycles. The fourth-order valence-corrected chi connectivity index (χ4v) is 4.18. The Morgan fingerprint density at radius 1 is 1.16 bits per heavy atom. The molecule has 32 heavy (non-hydrogen) atoms. The number of carbonyl (C=O) groups excluding carboxylic acids is 4. The molecule has 0 radical (unpaired) electrons. The Morgan fingerprint density at radius 2 is 1.91 bits per heavy atom. The van der Waals surface area contributed by atoms with Crippen molar-refractivity contribution in [3.63, 3.8) is 0 Å². The molecule has 3 N–H and O–H groups in total. The molecule has 0 aliphatic carbocycles. The maximum Gasteiger partial charge on any atom is 0.409 e. The largest absolute Gasteiger partial charge is 0.451 e. The highest BCUT2D eigenvalue weighted by atomic mass is 79.9. The number of rotatable bonds is 4. The second-order valence-electron chi connectivity index (χ2n) is 7.06. The van der Waals surface area contributed by atoms with Gasteiger partial charge in [0.15, 0.2) is 12.1 Å². The van der Waals surface area contributed by atoms with E-state index in [9.17, 15) is 19.2 Å². The molecule has 0 aromatic heterocycles. The van der Waals surface area contributed by atoms with Crippen LogP contribution in [0.25, 0.3) is 0 Å². The van der Waals surface area contributed by atoms with E-state index in [1.54, 1.807) is 49.4 Å². The van der Waals surface area contributed by atoms with Crippen LogP contribution in [0.1, 0.15) is 22.8 Å². The predicted octanol–water partition coefficient (Wildman–Crippen LogP) is 2.58.